The molecule has 1 aliphatic heterocycles. The Balaban J connectivity index is 1.63. The Morgan fingerprint density at radius 3 is 2.92 bits per heavy atom. The highest BCUT2D eigenvalue weighted by Gasteiger charge is 2.35. The van der Waals surface area contributed by atoms with E-state index in [0.717, 1.165) is 6.20 Å². The number of hydrogen-bond acceptors (Lipinski definition) is 4. The lowest BCUT2D eigenvalue weighted by Crippen LogP contribution is -2.34. The molecule has 0 aromatic carbocycles. The molecule has 0 saturated carbocycles. The van der Waals surface area contributed by atoms with Crippen molar-refractivity contribution >= 4 is 5.91 Å². The molecule has 0 spiro atoms. The molecule has 3 rings (SSSR count). The van der Waals surface area contributed by atoms with E-state index in [-0.39, 0.29) is 11.8 Å². The lowest BCUT2D eigenvalue weighted by atomic mass is 9.99. The fourth-order valence-electron chi connectivity index (χ4n) is 3.09. The van der Waals surface area contributed by atoms with Crippen molar-refractivity contribution in [3.63, 3.8) is 0 Å². The third-order valence-electron chi connectivity index (χ3n) is 4.41. The molecular formula is C16H19F3N4O2. The van der Waals surface area contributed by atoms with Crippen molar-refractivity contribution in [1.29, 1.82) is 0 Å². The van der Waals surface area contributed by atoms with Crippen LogP contribution >= 0.6 is 0 Å². The molecule has 1 amide bonds. The van der Waals surface area contributed by atoms with Crippen LogP contribution in [0.1, 0.15) is 46.7 Å². The van der Waals surface area contributed by atoms with Crippen molar-refractivity contribution in [3.8, 4) is 0 Å². The van der Waals surface area contributed by atoms with E-state index in [1.807, 2.05) is 6.92 Å². The van der Waals surface area contributed by atoms with Crippen LogP contribution in [-0.4, -0.2) is 27.2 Å². The summed E-state index contributed by atoms with van der Waals surface area (Å²) in [5.41, 5.74) is 0.116. The molecule has 0 radical (unpaired) electrons. The van der Waals surface area contributed by atoms with Gasteiger partial charge >= 0.3 is 6.18 Å². The number of fused-ring (bicyclic) bond motifs is 1. The highest BCUT2D eigenvalue weighted by molar-refractivity contribution is 5.96. The van der Waals surface area contributed by atoms with Crippen LogP contribution in [0.3, 0.4) is 0 Å². The SMILES string of the molecule is CCc1onc(C)c1C(=O)NCC1CCc2nc(C(F)(F)F)cn2C1. The number of imidazole rings is 1. The van der Waals surface area contributed by atoms with E-state index < -0.39 is 11.9 Å². The molecule has 0 aliphatic carbocycles. The van der Waals surface area contributed by atoms with Crippen molar-refractivity contribution < 1.29 is 22.5 Å². The predicted molar refractivity (Wildman–Crippen MR) is 82.0 cm³/mol. The van der Waals surface area contributed by atoms with Crippen LogP contribution in [0.5, 0.6) is 0 Å². The van der Waals surface area contributed by atoms with Crippen LogP contribution in [0, 0.1) is 12.8 Å². The minimum atomic E-state index is -4.43. The van der Waals surface area contributed by atoms with Crippen LogP contribution in [0.4, 0.5) is 13.2 Å². The summed E-state index contributed by atoms with van der Waals surface area (Å²) in [6, 6.07) is 0. The largest absolute Gasteiger partial charge is 0.434 e. The molecule has 2 aromatic heterocycles. The Hall–Kier alpha value is -2.32. The van der Waals surface area contributed by atoms with Crippen LogP contribution in [-0.2, 0) is 25.6 Å². The maximum atomic E-state index is 12.7. The van der Waals surface area contributed by atoms with E-state index in [9.17, 15) is 18.0 Å². The Bertz CT molecular complexity index is 779. The molecule has 3 heterocycles. The van der Waals surface area contributed by atoms with E-state index in [1.165, 1.54) is 4.57 Å². The lowest BCUT2D eigenvalue weighted by Gasteiger charge is -2.23. The summed E-state index contributed by atoms with van der Waals surface area (Å²) in [7, 11) is 0. The number of amides is 1. The number of rotatable bonds is 4. The number of aryl methyl sites for hydroxylation is 3. The van der Waals surface area contributed by atoms with Gasteiger partial charge in [0.05, 0.1) is 5.69 Å². The van der Waals surface area contributed by atoms with Gasteiger partial charge in [0, 0.05) is 32.1 Å². The zero-order valence-corrected chi connectivity index (χ0v) is 14.0. The molecule has 0 bridgehead atoms. The Labute approximate surface area is 142 Å². The summed E-state index contributed by atoms with van der Waals surface area (Å²) in [6.45, 7) is 4.36. The first-order valence-electron chi connectivity index (χ1n) is 8.16. The summed E-state index contributed by atoms with van der Waals surface area (Å²) < 4.78 is 44.9. The van der Waals surface area contributed by atoms with Gasteiger partial charge in [0.2, 0.25) is 0 Å². The van der Waals surface area contributed by atoms with Crippen LogP contribution in [0.2, 0.25) is 0 Å². The first-order valence-corrected chi connectivity index (χ1v) is 8.16. The number of halogens is 3. The van der Waals surface area contributed by atoms with Crippen molar-refractivity contribution in [2.75, 3.05) is 6.54 Å². The first kappa shape index (κ1) is 17.5. The van der Waals surface area contributed by atoms with Gasteiger partial charge in [-0.15, -0.1) is 0 Å². The van der Waals surface area contributed by atoms with Gasteiger partial charge in [-0.3, -0.25) is 4.79 Å². The van der Waals surface area contributed by atoms with Gasteiger partial charge in [0.25, 0.3) is 5.91 Å². The van der Waals surface area contributed by atoms with Crippen LogP contribution in [0.15, 0.2) is 10.7 Å². The van der Waals surface area contributed by atoms with E-state index >= 15 is 0 Å². The van der Waals surface area contributed by atoms with Crippen molar-refractivity contribution in [2.45, 2.75) is 45.8 Å². The van der Waals surface area contributed by atoms with Crippen molar-refractivity contribution in [2.24, 2.45) is 5.92 Å². The highest BCUT2D eigenvalue weighted by atomic mass is 19.4. The van der Waals surface area contributed by atoms with Gasteiger partial charge in [-0.2, -0.15) is 13.2 Å². The number of aromatic nitrogens is 3. The molecule has 2 aromatic rings. The van der Waals surface area contributed by atoms with Gasteiger partial charge in [0.1, 0.15) is 17.1 Å². The van der Waals surface area contributed by atoms with E-state index in [4.69, 9.17) is 4.52 Å². The maximum absolute atomic E-state index is 12.7. The fraction of sp³-hybridized carbons (Fsp3) is 0.562. The second-order valence-electron chi connectivity index (χ2n) is 6.23. The third-order valence-corrected chi connectivity index (χ3v) is 4.41. The summed E-state index contributed by atoms with van der Waals surface area (Å²) >= 11 is 0. The molecule has 136 valence electrons. The molecule has 9 heteroatoms. The van der Waals surface area contributed by atoms with Gasteiger partial charge in [-0.1, -0.05) is 12.1 Å². The summed E-state index contributed by atoms with van der Waals surface area (Å²) in [4.78, 5) is 16.0. The first-order chi connectivity index (χ1) is 11.8. The highest BCUT2D eigenvalue weighted by Crippen LogP contribution is 2.30. The van der Waals surface area contributed by atoms with Gasteiger partial charge in [-0.25, -0.2) is 4.98 Å². The number of alkyl halides is 3. The molecule has 1 N–H and O–H groups in total. The number of hydrogen-bond donors (Lipinski definition) is 1. The molecule has 1 atom stereocenters. The van der Waals surface area contributed by atoms with E-state index in [1.54, 1.807) is 6.92 Å². The number of carbonyl (C=O) groups is 1. The summed E-state index contributed by atoms with van der Waals surface area (Å²) in [5.74, 6) is 0.767. The quantitative estimate of drug-likeness (QED) is 0.914. The summed E-state index contributed by atoms with van der Waals surface area (Å²) in [5, 5.41) is 6.65. The van der Waals surface area contributed by atoms with Crippen LogP contribution < -0.4 is 5.32 Å². The van der Waals surface area contributed by atoms with Gasteiger partial charge in [-0.05, 0) is 19.3 Å². The average molecular weight is 356 g/mol. The second kappa shape index (κ2) is 6.53. The zero-order chi connectivity index (χ0) is 18.2. The topological polar surface area (TPSA) is 73.0 Å². The Morgan fingerprint density at radius 2 is 2.24 bits per heavy atom. The molecule has 1 aliphatic rings. The van der Waals surface area contributed by atoms with Crippen molar-refractivity contribution in [1.82, 2.24) is 20.0 Å². The lowest BCUT2D eigenvalue weighted by molar-refractivity contribution is -0.141. The molecule has 6 nitrogen and oxygen atoms in total. The molecule has 0 fully saturated rings. The summed E-state index contributed by atoms with van der Waals surface area (Å²) in [6.07, 6.45) is -1.69. The van der Waals surface area contributed by atoms with Gasteiger partial charge in [0.15, 0.2) is 5.69 Å². The van der Waals surface area contributed by atoms with Gasteiger partial charge < -0.3 is 14.4 Å². The monoisotopic (exact) mass is 356 g/mol. The molecule has 0 saturated heterocycles. The predicted octanol–water partition coefficient (Wildman–Crippen LogP) is 2.75. The van der Waals surface area contributed by atoms with Crippen LogP contribution in [0.25, 0.3) is 0 Å². The molecule has 1 unspecified atom stereocenters. The molecular weight excluding hydrogens is 337 g/mol. The smallest absolute Gasteiger partial charge is 0.360 e. The van der Waals surface area contributed by atoms with Crippen molar-refractivity contribution in [3.05, 3.63) is 34.7 Å². The third kappa shape index (κ3) is 3.54. The minimum absolute atomic E-state index is 0.0528. The van der Waals surface area contributed by atoms with E-state index in [0.29, 0.717) is 55.2 Å². The Morgan fingerprint density at radius 1 is 1.48 bits per heavy atom. The number of carbonyl (C=O) groups excluding carboxylic acids is 1. The molecule has 25 heavy (non-hydrogen) atoms. The normalized spacial score (nSPS) is 17.4. The number of nitrogens with zero attached hydrogens (tertiary/aromatic N) is 3. The standard InChI is InChI=1S/C16H19F3N4O2/c1-3-11-14(9(2)22-25-11)15(24)20-6-10-4-5-13-21-12(16(17,18)19)8-23(13)7-10/h8,10H,3-7H2,1-2H3,(H,20,24). The zero-order valence-electron chi connectivity index (χ0n) is 14.0. The van der Waals surface area contributed by atoms with E-state index in [2.05, 4.69) is 15.5 Å². The fourth-order valence-corrected chi connectivity index (χ4v) is 3.09. The second-order valence-corrected chi connectivity index (χ2v) is 6.23. The number of nitrogens with one attached hydrogen (secondary N) is 1. The average Bonchev–Trinajstić information content (AvgIpc) is 3.15. The minimum Gasteiger partial charge on any atom is -0.360 e. The maximum Gasteiger partial charge on any atom is 0.434 e. The Kier molecular flexibility index (Phi) is 4.57.